The molecule has 0 saturated heterocycles. The van der Waals surface area contributed by atoms with Gasteiger partial charge in [0, 0.05) is 43.6 Å². The third-order valence-electron chi connectivity index (χ3n) is 11.6. The van der Waals surface area contributed by atoms with Crippen LogP contribution in [-0.4, -0.2) is 18.9 Å². The number of aromatic nitrogens is 4. The van der Waals surface area contributed by atoms with Crippen molar-refractivity contribution in [3.8, 4) is 28.2 Å². The van der Waals surface area contributed by atoms with Crippen LogP contribution >= 0.6 is 0 Å². The van der Waals surface area contributed by atoms with Gasteiger partial charge < -0.3 is 4.40 Å². The molecule has 1 atom stereocenters. The Labute approximate surface area is 310 Å². The van der Waals surface area contributed by atoms with Crippen LogP contribution in [0, 0.1) is 0 Å². The molecule has 1 aliphatic rings. The minimum atomic E-state index is 0.184. The van der Waals surface area contributed by atoms with E-state index >= 15 is 0 Å². The van der Waals surface area contributed by atoms with Gasteiger partial charge in [-0.25, -0.2) is 9.97 Å². The van der Waals surface area contributed by atoms with E-state index in [0.717, 1.165) is 34.1 Å². The van der Waals surface area contributed by atoms with Gasteiger partial charge >= 0.3 is 0 Å². The maximum absolute atomic E-state index is 5.47. The zero-order chi connectivity index (χ0) is 35.3. The molecular formula is C50H32N4. The second-order valence-electron chi connectivity index (χ2n) is 14.5. The number of benzene rings is 7. The summed E-state index contributed by atoms with van der Waals surface area (Å²) in [5.74, 6) is 0.894. The van der Waals surface area contributed by atoms with Crippen LogP contribution in [-0.2, 0) is 0 Å². The SMILES string of the molecule is C1=CCC(c2nc(-n3c4ccccc4c4cc5c6ccc(-c7ccc(-c8ccccc8)cc7)cc6n6c7ccccc7c(c43)c56)nc3ccccc23)C=C1. The van der Waals surface area contributed by atoms with E-state index in [-0.39, 0.29) is 5.92 Å². The third kappa shape index (κ3) is 4.13. The van der Waals surface area contributed by atoms with Gasteiger partial charge in [0.1, 0.15) is 0 Å². The highest BCUT2D eigenvalue weighted by Crippen LogP contribution is 2.47. The molecule has 4 nitrogen and oxygen atoms in total. The van der Waals surface area contributed by atoms with E-state index in [2.05, 4.69) is 185 Å². The van der Waals surface area contributed by atoms with Crippen molar-refractivity contribution in [2.45, 2.75) is 12.3 Å². The van der Waals surface area contributed by atoms with Gasteiger partial charge in [0.2, 0.25) is 5.95 Å². The molecule has 12 rings (SSSR count). The van der Waals surface area contributed by atoms with Gasteiger partial charge in [0.25, 0.3) is 0 Å². The Balaban J connectivity index is 1.16. The van der Waals surface area contributed by atoms with Crippen molar-refractivity contribution < 1.29 is 0 Å². The van der Waals surface area contributed by atoms with Gasteiger partial charge in [-0.15, -0.1) is 0 Å². The number of hydrogen-bond donors (Lipinski definition) is 0. The first-order valence-electron chi connectivity index (χ1n) is 18.7. The maximum atomic E-state index is 5.47. The zero-order valence-electron chi connectivity index (χ0n) is 29.3. The van der Waals surface area contributed by atoms with E-state index in [9.17, 15) is 0 Å². The average Bonchev–Trinajstić information content (AvgIpc) is 3.88. The van der Waals surface area contributed by atoms with Crippen LogP contribution in [0.2, 0.25) is 0 Å². The molecule has 1 aliphatic carbocycles. The maximum Gasteiger partial charge on any atom is 0.235 e. The molecule has 54 heavy (non-hydrogen) atoms. The summed E-state index contributed by atoms with van der Waals surface area (Å²) in [5.41, 5.74) is 12.8. The molecule has 0 amide bonds. The van der Waals surface area contributed by atoms with E-state index < -0.39 is 0 Å². The first kappa shape index (κ1) is 29.5. The van der Waals surface area contributed by atoms with E-state index in [4.69, 9.17) is 9.97 Å². The Hall–Kier alpha value is -7.04. The van der Waals surface area contributed by atoms with Crippen LogP contribution < -0.4 is 0 Å². The Kier molecular flexibility index (Phi) is 6.14. The summed E-state index contributed by atoms with van der Waals surface area (Å²) >= 11 is 0. The van der Waals surface area contributed by atoms with Gasteiger partial charge in [-0.05, 0) is 59.0 Å². The molecule has 0 saturated carbocycles. The summed E-state index contributed by atoms with van der Waals surface area (Å²) < 4.78 is 4.83. The highest BCUT2D eigenvalue weighted by Gasteiger charge is 2.26. The monoisotopic (exact) mass is 688 g/mol. The van der Waals surface area contributed by atoms with Crippen LogP contribution in [0.5, 0.6) is 0 Å². The predicted molar refractivity (Wildman–Crippen MR) is 225 cm³/mol. The lowest BCUT2D eigenvalue weighted by molar-refractivity contribution is 0.810. The molecule has 0 aliphatic heterocycles. The fourth-order valence-corrected chi connectivity index (χ4v) is 9.13. The van der Waals surface area contributed by atoms with Crippen molar-refractivity contribution in [2.75, 3.05) is 0 Å². The number of fused-ring (bicyclic) bond motifs is 11. The van der Waals surface area contributed by atoms with Crippen molar-refractivity contribution in [3.05, 3.63) is 182 Å². The van der Waals surface area contributed by atoms with Gasteiger partial charge in [-0.2, -0.15) is 0 Å². The summed E-state index contributed by atoms with van der Waals surface area (Å²) in [6.07, 6.45) is 9.70. The van der Waals surface area contributed by atoms with Gasteiger partial charge in [-0.1, -0.05) is 146 Å². The molecule has 4 heterocycles. The van der Waals surface area contributed by atoms with E-state index in [1.165, 1.54) is 71.1 Å². The molecule has 0 fully saturated rings. The Morgan fingerprint density at radius 1 is 0.463 bits per heavy atom. The van der Waals surface area contributed by atoms with Crippen LogP contribution in [0.1, 0.15) is 18.0 Å². The van der Waals surface area contributed by atoms with Crippen LogP contribution in [0.3, 0.4) is 0 Å². The van der Waals surface area contributed by atoms with E-state index in [1.54, 1.807) is 0 Å². The van der Waals surface area contributed by atoms with Gasteiger partial charge in [-0.3, -0.25) is 4.57 Å². The fraction of sp³-hybridized carbons (Fsp3) is 0.0400. The Morgan fingerprint density at radius 2 is 1.11 bits per heavy atom. The first-order valence-corrected chi connectivity index (χ1v) is 18.7. The molecule has 7 aromatic carbocycles. The minimum absolute atomic E-state index is 0.184. The standard InChI is InChI=1S/C50H32N4/c1-3-13-31(14-4-1)32-23-25-33(26-24-32)35-27-28-37-41-30-40-36-17-8-11-21-43(36)54(49(40)46-39-19-9-12-22-44(39)53(48(41)46)45(37)29-35)50-51-42-20-10-7-18-38(42)47(52-50)34-15-5-2-6-16-34/h1-15,17-30,34H,16H2. The van der Waals surface area contributed by atoms with Crippen molar-refractivity contribution in [1.82, 2.24) is 18.9 Å². The van der Waals surface area contributed by atoms with Gasteiger partial charge in [0.05, 0.1) is 38.8 Å². The van der Waals surface area contributed by atoms with Crippen LogP contribution in [0.4, 0.5) is 0 Å². The zero-order valence-corrected chi connectivity index (χ0v) is 29.3. The smallest absolute Gasteiger partial charge is 0.235 e. The average molecular weight is 689 g/mol. The van der Waals surface area contributed by atoms with Crippen LogP contribution in [0.15, 0.2) is 176 Å². The minimum Gasteiger partial charge on any atom is -0.308 e. The summed E-state index contributed by atoms with van der Waals surface area (Å²) in [6, 6.07) is 55.0. The predicted octanol–water partition coefficient (Wildman–Crippen LogP) is 12.8. The highest BCUT2D eigenvalue weighted by molar-refractivity contribution is 6.34. The number of allylic oxidation sites excluding steroid dienone is 4. The third-order valence-corrected chi connectivity index (χ3v) is 11.6. The van der Waals surface area contributed by atoms with Crippen molar-refractivity contribution >= 4 is 70.8 Å². The van der Waals surface area contributed by atoms with Gasteiger partial charge in [0.15, 0.2) is 0 Å². The topological polar surface area (TPSA) is 35.1 Å². The van der Waals surface area contributed by atoms with Crippen LogP contribution in [0.25, 0.3) is 99.0 Å². The number of rotatable bonds is 4. The largest absolute Gasteiger partial charge is 0.308 e. The second-order valence-corrected chi connectivity index (χ2v) is 14.5. The summed E-state index contributed by atoms with van der Waals surface area (Å²) in [4.78, 5) is 10.8. The normalized spacial score (nSPS) is 14.6. The quantitative estimate of drug-likeness (QED) is 0.184. The Morgan fingerprint density at radius 3 is 1.93 bits per heavy atom. The molecule has 0 bridgehead atoms. The first-order chi connectivity index (χ1) is 26.8. The molecule has 252 valence electrons. The molecule has 0 radical (unpaired) electrons. The van der Waals surface area contributed by atoms with Crippen molar-refractivity contribution in [3.63, 3.8) is 0 Å². The fourth-order valence-electron chi connectivity index (χ4n) is 9.13. The van der Waals surface area contributed by atoms with Crippen molar-refractivity contribution in [2.24, 2.45) is 0 Å². The lowest BCUT2D eigenvalue weighted by Crippen LogP contribution is -2.08. The summed E-state index contributed by atoms with van der Waals surface area (Å²) in [6.45, 7) is 0. The summed E-state index contributed by atoms with van der Waals surface area (Å²) in [5, 5.41) is 8.50. The molecule has 1 unspecified atom stereocenters. The van der Waals surface area contributed by atoms with E-state index in [1.807, 2.05) is 0 Å². The second kappa shape index (κ2) is 11.2. The van der Waals surface area contributed by atoms with Crippen molar-refractivity contribution in [1.29, 1.82) is 0 Å². The Bertz CT molecular complexity index is 3340. The number of nitrogens with zero attached hydrogens (tertiary/aromatic N) is 4. The molecule has 0 N–H and O–H groups in total. The molecule has 4 aromatic heterocycles. The number of para-hydroxylation sites is 3. The number of hydrogen-bond acceptors (Lipinski definition) is 2. The molecular weight excluding hydrogens is 657 g/mol. The van der Waals surface area contributed by atoms with E-state index in [0.29, 0.717) is 5.95 Å². The summed E-state index contributed by atoms with van der Waals surface area (Å²) in [7, 11) is 0. The lowest BCUT2D eigenvalue weighted by atomic mass is 9.94. The molecule has 0 spiro atoms. The highest BCUT2D eigenvalue weighted by atomic mass is 15.2. The lowest BCUT2D eigenvalue weighted by Gasteiger charge is -2.17. The molecule has 11 aromatic rings. The molecule has 4 heteroatoms.